The predicted molar refractivity (Wildman–Crippen MR) is 179 cm³/mol. The molecule has 10 rings (SSSR count). The number of carbonyl (C=O) groups excluding carboxylic acids is 5. The number of cyclic esters (lactones) is 3. The summed E-state index contributed by atoms with van der Waals surface area (Å²) in [6.07, 6.45) is 0.814. The Morgan fingerprint density at radius 2 is 1.52 bits per heavy atom. The molecule has 2 bridgehead atoms. The third-order valence-electron chi connectivity index (χ3n) is 15.9. The lowest BCUT2D eigenvalue weighted by atomic mass is 9.42. The van der Waals surface area contributed by atoms with Crippen molar-refractivity contribution >= 4 is 29.8 Å². The zero-order valence-corrected chi connectivity index (χ0v) is 30.8. The lowest BCUT2D eigenvalue weighted by Crippen LogP contribution is -2.69. The van der Waals surface area contributed by atoms with Crippen molar-refractivity contribution in [3.8, 4) is 0 Å². The summed E-state index contributed by atoms with van der Waals surface area (Å²) < 4.78 is 35.4. The topological polar surface area (TPSA) is 201 Å². The van der Waals surface area contributed by atoms with Gasteiger partial charge in [0.15, 0.2) is 5.60 Å². The second-order valence-electron chi connectivity index (χ2n) is 17.8. The quantitative estimate of drug-likeness (QED) is 0.258. The smallest absolute Gasteiger partial charge is 0.338 e. The fourth-order valence-corrected chi connectivity index (χ4v) is 13.4. The molecule has 14 heteroatoms. The average molecular weight is 749 g/mol. The molecule has 5 saturated carbocycles. The zero-order valence-electron chi connectivity index (χ0n) is 30.8. The van der Waals surface area contributed by atoms with Crippen molar-refractivity contribution in [3.05, 3.63) is 45.1 Å². The molecule has 10 aliphatic rings. The van der Waals surface area contributed by atoms with Gasteiger partial charge in [0.2, 0.25) is 0 Å². The normalized spacial score (nSPS) is 50.0. The van der Waals surface area contributed by atoms with Gasteiger partial charge in [-0.15, -0.1) is 0 Å². The first-order chi connectivity index (χ1) is 25.5. The minimum Gasteiger partial charge on any atom is -0.461 e. The molecule has 0 aromatic heterocycles. The van der Waals surface area contributed by atoms with Crippen LogP contribution in [0.2, 0.25) is 0 Å². The second-order valence-corrected chi connectivity index (χ2v) is 17.8. The summed E-state index contributed by atoms with van der Waals surface area (Å²) in [5, 5.41) is 38.3. The van der Waals surface area contributed by atoms with Gasteiger partial charge in [-0.2, -0.15) is 0 Å². The highest BCUT2D eigenvalue weighted by atomic mass is 16.7. The van der Waals surface area contributed by atoms with E-state index in [0.29, 0.717) is 29.6 Å². The molecule has 54 heavy (non-hydrogen) atoms. The Kier molecular flexibility index (Phi) is 6.61. The van der Waals surface area contributed by atoms with Crippen molar-refractivity contribution in [2.45, 2.75) is 94.9 Å². The molecule has 13 atom stereocenters. The first-order valence-corrected chi connectivity index (χ1v) is 19.0. The van der Waals surface area contributed by atoms with Gasteiger partial charge in [0.05, 0.1) is 24.0 Å². The molecular weight excluding hydrogens is 704 g/mol. The molecule has 14 nitrogen and oxygen atoms in total. The summed E-state index contributed by atoms with van der Waals surface area (Å²) in [6.45, 7) is 5.97. The number of hydrogen-bond acceptors (Lipinski definition) is 14. The summed E-state index contributed by atoms with van der Waals surface area (Å²) in [5.41, 5.74) is -4.64. The van der Waals surface area contributed by atoms with Gasteiger partial charge < -0.3 is 43.7 Å². The van der Waals surface area contributed by atoms with Crippen molar-refractivity contribution in [2.75, 3.05) is 26.9 Å². The minimum atomic E-state index is -1.97. The van der Waals surface area contributed by atoms with Gasteiger partial charge in [-0.25, -0.2) is 14.4 Å². The Balaban J connectivity index is 1.22. The highest BCUT2D eigenvalue weighted by molar-refractivity contribution is 5.98. The maximum atomic E-state index is 14.5. The van der Waals surface area contributed by atoms with Gasteiger partial charge in [0.25, 0.3) is 5.79 Å². The number of aliphatic hydroxyl groups excluding tert-OH is 1. The maximum absolute atomic E-state index is 14.5. The van der Waals surface area contributed by atoms with Crippen molar-refractivity contribution in [2.24, 2.45) is 46.3 Å². The molecule has 0 radical (unpaired) electrons. The van der Waals surface area contributed by atoms with E-state index in [2.05, 4.69) is 6.92 Å². The van der Waals surface area contributed by atoms with Crippen LogP contribution in [0, 0.1) is 46.3 Å². The van der Waals surface area contributed by atoms with Gasteiger partial charge in [-0.05, 0) is 85.8 Å². The van der Waals surface area contributed by atoms with Crippen LogP contribution in [-0.4, -0.2) is 101 Å². The van der Waals surface area contributed by atoms with E-state index in [0.717, 1.165) is 0 Å². The molecule has 5 fully saturated rings. The number of rotatable bonds is 1. The lowest BCUT2D eigenvalue weighted by molar-refractivity contribution is -0.256. The summed E-state index contributed by atoms with van der Waals surface area (Å²) in [7, 11) is 1.35. The largest absolute Gasteiger partial charge is 0.461 e. The van der Waals surface area contributed by atoms with Gasteiger partial charge in [-0.1, -0.05) is 13.8 Å². The van der Waals surface area contributed by atoms with Crippen molar-refractivity contribution in [1.29, 1.82) is 0 Å². The lowest BCUT2D eigenvalue weighted by Gasteiger charge is -2.64. The molecule has 0 aromatic carbocycles. The predicted octanol–water partition coefficient (Wildman–Crippen LogP) is 1.65. The van der Waals surface area contributed by atoms with Crippen LogP contribution in [0.15, 0.2) is 45.1 Å². The number of hydrogen-bond donors (Lipinski definition) is 3. The summed E-state index contributed by atoms with van der Waals surface area (Å²) in [4.78, 5) is 66.7. The Morgan fingerprint density at radius 3 is 2.24 bits per heavy atom. The van der Waals surface area contributed by atoms with Crippen LogP contribution in [0.4, 0.5) is 0 Å². The van der Waals surface area contributed by atoms with Gasteiger partial charge in [0.1, 0.15) is 31.5 Å². The zero-order chi connectivity index (χ0) is 38.3. The van der Waals surface area contributed by atoms with Gasteiger partial charge in [0, 0.05) is 46.7 Å². The Bertz CT molecular complexity index is 2040. The first kappa shape index (κ1) is 34.6. The maximum Gasteiger partial charge on any atom is 0.338 e. The number of carbonyl (C=O) groups is 5. The highest BCUT2D eigenvalue weighted by Crippen LogP contribution is 2.85. The fourth-order valence-electron chi connectivity index (χ4n) is 13.4. The SMILES string of the molecule is CO[C@]12OC(=O)C(C)=C1C1=C3[C@](C)([C@@H]4C[C@@H]4[C@@]3(O)C[C@@H]3[C@]14OC(=O)C1=C4C[C@H]4[C@](O)(COC(=O)C(C)=CCOC(=O)CCC(=O)OC1)[C@H]1C[C@H]1[C@]34C)[C@H]2O. The Hall–Kier alpha value is -3.85. The first-order valence-electron chi connectivity index (χ1n) is 19.0. The number of esters is 5. The molecule has 3 N–H and O–H groups in total. The third-order valence-corrected chi connectivity index (χ3v) is 15.9. The summed E-state index contributed by atoms with van der Waals surface area (Å²) >= 11 is 0. The molecule has 0 unspecified atom stereocenters. The Morgan fingerprint density at radius 1 is 0.815 bits per heavy atom. The van der Waals surface area contributed by atoms with Crippen LogP contribution in [-0.2, 0) is 52.4 Å². The van der Waals surface area contributed by atoms with Crippen LogP contribution in [0.25, 0.3) is 0 Å². The molecule has 288 valence electrons. The van der Waals surface area contributed by atoms with Crippen LogP contribution < -0.4 is 0 Å². The van der Waals surface area contributed by atoms with E-state index in [4.69, 9.17) is 28.4 Å². The van der Waals surface area contributed by atoms with Gasteiger partial charge in [-0.3, -0.25) is 9.59 Å². The monoisotopic (exact) mass is 748 g/mol. The summed E-state index contributed by atoms with van der Waals surface area (Å²) in [5.74, 6) is -7.65. The molecule has 3 aliphatic heterocycles. The fraction of sp³-hybridized carbons (Fsp3) is 0.675. The highest BCUT2D eigenvalue weighted by Gasteiger charge is 2.87. The van der Waals surface area contributed by atoms with Crippen molar-refractivity contribution in [1.82, 2.24) is 0 Å². The number of fused-ring (bicyclic) bond motifs is 9. The van der Waals surface area contributed by atoms with Crippen LogP contribution in [0.1, 0.15) is 66.2 Å². The minimum absolute atomic E-state index is 0.0545. The van der Waals surface area contributed by atoms with Crippen molar-refractivity contribution < 1.29 is 67.7 Å². The molecule has 0 saturated heterocycles. The van der Waals surface area contributed by atoms with Crippen molar-refractivity contribution in [3.63, 3.8) is 0 Å². The third kappa shape index (κ3) is 3.70. The standard InChI is InChI=1S/C40H44O14/c1-16-8-9-50-26(41)6-7-27(42)51-14-18-19-12-24-35(3,20-10-23(20)38(24,48)15-52-31(16)43)25-13-37(47)22-11-21(22)36(4)30(37)29(39(19,25)53-33(18)45)28-17(2)32(44)54-40(28,49-5)34(36)46/h8,20-25,34,46-48H,6-7,9-15H2,1-5H3/t20-,21-,22+,23+,24-,25+,34-,35+,36+,37+,38+,39+,40+/m1/s1. The number of aliphatic hydroxyl groups is 3. The molecule has 7 aliphatic carbocycles. The molecule has 1 spiro atoms. The second kappa shape index (κ2) is 10.3. The van der Waals surface area contributed by atoms with E-state index in [9.17, 15) is 39.3 Å². The van der Waals surface area contributed by atoms with E-state index in [1.165, 1.54) is 20.1 Å². The van der Waals surface area contributed by atoms with Crippen LogP contribution in [0.3, 0.4) is 0 Å². The van der Waals surface area contributed by atoms with E-state index in [1.54, 1.807) is 6.92 Å². The number of methoxy groups -OCH3 is 1. The Labute approximate surface area is 310 Å². The molecule has 0 amide bonds. The molecule has 0 aromatic rings. The van der Waals surface area contributed by atoms with E-state index in [-0.39, 0.29) is 84.9 Å². The number of ether oxygens (including phenoxy) is 6. The average Bonchev–Trinajstić information content (AvgIpc) is 4.04. The van der Waals surface area contributed by atoms with E-state index >= 15 is 0 Å². The van der Waals surface area contributed by atoms with Crippen LogP contribution >= 0.6 is 0 Å². The van der Waals surface area contributed by atoms with E-state index < -0.39 is 87.8 Å². The van der Waals surface area contributed by atoms with E-state index in [1.807, 2.05) is 6.92 Å². The summed E-state index contributed by atoms with van der Waals surface area (Å²) in [6, 6.07) is 0. The molecule has 3 heterocycles. The molecular formula is C40H44O14. The van der Waals surface area contributed by atoms with Crippen LogP contribution in [0.5, 0.6) is 0 Å². The van der Waals surface area contributed by atoms with Gasteiger partial charge >= 0.3 is 29.8 Å².